The van der Waals surface area contributed by atoms with Gasteiger partial charge >= 0.3 is 0 Å². The highest BCUT2D eigenvalue weighted by molar-refractivity contribution is 6.00. The van der Waals surface area contributed by atoms with E-state index in [1.807, 2.05) is 17.0 Å². The van der Waals surface area contributed by atoms with E-state index < -0.39 is 0 Å². The first-order valence-electron chi connectivity index (χ1n) is 10.2. The Labute approximate surface area is 164 Å². The van der Waals surface area contributed by atoms with Crippen LogP contribution in [0.4, 0.5) is 0 Å². The third-order valence-corrected chi connectivity index (χ3v) is 6.51. The normalized spacial score (nSPS) is 27.7. The molecule has 1 atom stereocenters. The molecule has 0 bridgehead atoms. The van der Waals surface area contributed by atoms with Crippen molar-refractivity contribution in [3.8, 4) is 0 Å². The standard InChI is InChI=1S/C22H26N2O4/c25-13-14-1-3-15(4-2-14)22(28)24-10-9-16-11-17(5-6-18(16)12-24)19-7-8-20(26)23-21(19)27/h5-6,11,13-15,19H,1-4,7-10,12H2,(H,23,26,27)/t14-,15-,19?. The maximum absolute atomic E-state index is 12.9. The lowest BCUT2D eigenvalue weighted by Crippen LogP contribution is -2.41. The SMILES string of the molecule is O=C[C@H]1CC[C@H](C(=O)N2CCc3cc(C4CCC(=O)NC4=O)ccc3C2)CC1. The Hall–Kier alpha value is -2.50. The average Bonchev–Trinajstić information content (AvgIpc) is 2.72. The zero-order chi connectivity index (χ0) is 19.7. The lowest BCUT2D eigenvalue weighted by molar-refractivity contribution is -0.138. The molecule has 148 valence electrons. The molecule has 2 heterocycles. The molecule has 6 heteroatoms. The van der Waals surface area contributed by atoms with Crippen LogP contribution in [-0.4, -0.2) is 35.5 Å². The minimum Gasteiger partial charge on any atom is -0.338 e. The van der Waals surface area contributed by atoms with Crippen molar-refractivity contribution in [3.63, 3.8) is 0 Å². The zero-order valence-corrected chi connectivity index (χ0v) is 16.0. The van der Waals surface area contributed by atoms with Crippen molar-refractivity contribution in [1.29, 1.82) is 0 Å². The van der Waals surface area contributed by atoms with Crippen molar-refractivity contribution >= 4 is 24.0 Å². The number of hydrogen-bond donors (Lipinski definition) is 1. The highest BCUT2D eigenvalue weighted by Crippen LogP contribution is 2.32. The molecular formula is C22H26N2O4. The van der Waals surface area contributed by atoms with Crippen LogP contribution in [0.25, 0.3) is 0 Å². The van der Waals surface area contributed by atoms with Gasteiger partial charge in [0.1, 0.15) is 6.29 Å². The van der Waals surface area contributed by atoms with Crippen LogP contribution in [-0.2, 0) is 32.1 Å². The Kier molecular flexibility index (Phi) is 5.29. The van der Waals surface area contributed by atoms with Gasteiger partial charge in [0.15, 0.2) is 0 Å². The fraction of sp³-hybridized carbons (Fsp3) is 0.545. The van der Waals surface area contributed by atoms with Crippen molar-refractivity contribution < 1.29 is 19.2 Å². The summed E-state index contributed by atoms with van der Waals surface area (Å²) in [7, 11) is 0. The fourth-order valence-electron chi connectivity index (χ4n) is 4.75. The van der Waals surface area contributed by atoms with E-state index in [0.717, 1.165) is 49.5 Å². The van der Waals surface area contributed by atoms with Crippen LogP contribution in [0.1, 0.15) is 61.1 Å². The maximum Gasteiger partial charge on any atom is 0.234 e. The van der Waals surface area contributed by atoms with Crippen LogP contribution in [0, 0.1) is 11.8 Å². The smallest absolute Gasteiger partial charge is 0.234 e. The number of nitrogens with zero attached hydrogens (tertiary/aromatic N) is 1. The summed E-state index contributed by atoms with van der Waals surface area (Å²) >= 11 is 0. The second kappa shape index (κ2) is 7.86. The Morgan fingerprint density at radius 2 is 1.82 bits per heavy atom. The summed E-state index contributed by atoms with van der Waals surface area (Å²) in [5.41, 5.74) is 3.28. The van der Waals surface area contributed by atoms with Gasteiger partial charge in [0, 0.05) is 31.3 Å². The first kappa shape index (κ1) is 18.8. The van der Waals surface area contributed by atoms with E-state index in [1.165, 1.54) is 5.56 Å². The molecule has 28 heavy (non-hydrogen) atoms. The summed E-state index contributed by atoms with van der Waals surface area (Å²) in [5.74, 6) is -0.303. The highest BCUT2D eigenvalue weighted by Gasteiger charge is 2.32. The number of benzene rings is 1. The number of aldehydes is 1. The molecular weight excluding hydrogens is 356 g/mol. The quantitative estimate of drug-likeness (QED) is 0.641. The second-order valence-electron chi connectivity index (χ2n) is 8.29. The van der Waals surface area contributed by atoms with Gasteiger partial charge in [-0.3, -0.25) is 19.7 Å². The number of carbonyl (C=O) groups excluding carboxylic acids is 4. The molecule has 0 aromatic heterocycles. The minimum atomic E-state index is -0.268. The highest BCUT2D eigenvalue weighted by atomic mass is 16.2. The predicted molar refractivity (Wildman–Crippen MR) is 102 cm³/mol. The van der Waals surface area contributed by atoms with Crippen molar-refractivity contribution in [1.82, 2.24) is 10.2 Å². The number of carbonyl (C=O) groups is 4. The van der Waals surface area contributed by atoms with Gasteiger partial charge in [-0.25, -0.2) is 0 Å². The predicted octanol–water partition coefficient (Wildman–Crippen LogP) is 2.10. The van der Waals surface area contributed by atoms with E-state index in [-0.39, 0.29) is 35.5 Å². The van der Waals surface area contributed by atoms with Crippen LogP contribution in [0.3, 0.4) is 0 Å². The summed E-state index contributed by atoms with van der Waals surface area (Å²) in [6.07, 6.45) is 5.99. The van der Waals surface area contributed by atoms with Crippen molar-refractivity contribution in [3.05, 3.63) is 34.9 Å². The molecule has 6 nitrogen and oxygen atoms in total. The van der Waals surface area contributed by atoms with Gasteiger partial charge < -0.3 is 9.69 Å². The molecule has 0 radical (unpaired) electrons. The first-order valence-corrected chi connectivity index (χ1v) is 10.2. The van der Waals surface area contributed by atoms with E-state index in [4.69, 9.17) is 0 Å². The number of rotatable bonds is 3. The molecule has 1 N–H and O–H groups in total. The molecule has 1 unspecified atom stereocenters. The molecule has 3 aliphatic rings. The molecule has 1 saturated carbocycles. The molecule has 1 aromatic carbocycles. The largest absolute Gasteiger partial charge is 0.338 e. The zero-order valence-electron chi connectivity index (χ0n) is 16.0. The van der Waals surface area contributed by atoms with Crippen LogP contribution in [0.5, 0.6) is 0 Å². The second-order valence-corrected chi connectivity index (χ2v) is 8.29. The van der Waals surface area contributed by atoms with Crippen molar-refractivity contribution in [2.75, 3.05) is 6.54 Å². The monoisotopic (exact) mass is 382 g/mol. The number of fused-ring (bicyclic) bond motifs is 1. The lowest BCUT2D eigenvalue weighted by atomic mass is 9.81. The molecule has 0 spiro atoms. The molecule has 4 rings (SSSR count). The number of hydrogen-bond acceptors (Lipinski definition) is 4. The van der Waals surface area contributed by atoms with Gasteiger partial charge in [-0.1, -0.05) is 18.2 Å². The Morgan fingerprint density at radius 3 is 2.54 bits per heavy atom. The first-order chi connectivity index (χ1) is 13.5. The van der Waals surface area contributed by atoms with Gasteiger partial charge in [0.25, 0.3) is 0 Å². The van der Waals surface area contributed by atoms with Crippen molar-refractivity contribution in [2.45, 2.75) is 57.4 Å². The van der Waals surface area contributed by atoms with Crippen LogP contribution in [0.15, 0.2) is 18.2 Å². The van der Waals surface area contributed by atoms with Crippen molar-refractivity contribution in [2.24, 2.45) is 11.8 Å². The van der Waals surface area contributed by atoms with Crippen LogP contribution >= 0.6 is 0 Å². The molecule has 2 aliphatic heterocycles. The summed E-state index contributed by atoms with van der Waals surface area (Å²) in [6, 6.07) is 6.06. The molecule has 2 fully saturated rings. The number of piperidine rings is 1. The summed E-state index contributed by atoms with van der Waals surface area (Å²) in [4.78, 5) is 49.2. The average molecular weight is 382 g/mol. The number of nitrogens with one attached hydrogen (secondary N) is 1. The molecule has 1 aliphatic carbocycles. The molecule has 3 amide bonds. The summed E-state index contributed by atoms with van der Waals surface area (Å²) in [6.45, 7) is 1.30. The Balaban J connectivity index is 1.42. The van der Waals surface area contributed by atoms with Crippen LogP contribution < -0.4 is 5.32 Å². The third kappa shape index (κ3) is 3.73. The number of amides is 3. The lowest BCUT2D eigenvalue weighted by Gasteiger charge is -2.34. The van der Waals surface area contributed by atoms with E-state index in [9.17, 15) is 19.2 Å². The maximum atomic E-state index is 12.9. The Morgan fingerprint density at radius 1 is 1.04 bits per heavy atom. The topological polar surface area (TPSA) is 83.6 Å². The molecule has 1 aromatic rings. The van der Waals surface area contributed by atoms with E-state index in [2.05, 4.69) is 11.4 Å². The van der Waals surface area contributed by atoms with Gasteiger partial charge in [-0.05, 0) is 55.2 Å². The summed E-state index contributed by atoms with van der Waals surface area (Å²) < 4.78 is 0. The molecule has 1 saturated heterocycles. The fourth-order valence-corrected chi connectivity index (χ4v) is 4.75. The van der Waals surface area contributed by atoms with Gasteiger partial charge in [-0.2, -0.15) is 0 Å². The van der Waals surface area contributed by atoms with E-state index >= 15 is 0 Å². The number of imide groups is 1. The van der Waals surface area contributed by atoms with E-state index in [1.54, 1.807) is 0 Å². The van der Waals surface area contributed by atoms with Gasteiger partial charge in [0.2, 0.25) is 17.7 Å². The minimum absolute atomic E-state index is 0.0421. The van der Waals surface area contributed by atoms with Gasteiger partial charge in [-0.15, -0.1) is 0 Å². The Bertz CT molecular complexity index is 811. The van der Waals surface area contributed by atoms with E-state index in [0.29, 0.717) is 25.9 Å². The summed E-state index contributed by atoms with van der Waals surface area (Å²) in [5, 5.41) is 2.42. The van der Waals surface area contributed by atoms with Crippen LogP contribution in [0.2, 0.25) is 0 Å². The van der Waals surface area contributed by atoms with Gasteiger partial charge in [0.05, 0.1) is 5.92 Å². The third-order valence-electron chi connectivity index (χ3n) is 6.51.